The largest absolute Gasteiger partial charge is 0.454 e. The molecule has 20 heavy (non-hydrogen) atoms. The molecule has 1 amide bonds. The monoisotopic (exact) mass is 308 g/mol. The van der Waals surface area contributed by atoms with Gasteiger partial charge in [-0.3, -0.25) is 14.8 Å². The van der Waals surface area contributed by atoms with Crippen LogP contribution in [-0.2, 0) is 6.54 Å². The molecular weight excluding hydrogens is 300 g/mol. The summed E-state index contributed by atoms with van der Waals surface area (Å²) in [5.41, 5.74) is 0. The van der Waals surface area contributed by atoms with Crippen LogP contribution >= 0.6 is 22.9 Å². The van der Waals surface area contributed by atoms with Gasteiger partial charge in [0.05, 0.1) is 17.8 Å². The van der Waals surface area contributed by atoms with Gasteiger partial charge in [0.1, 0.15) is 5.76 Å². The number of carbonyl (C=O) groups is 1. The molecule has 0 unspecified atom stereocenters. The minimum atomic E-state index is -0.329. The topological polar surface area (TPSA) is 73.0 Å². The van der Waals surface area contributed by atoms with Crippen molar-refractivity contribution in [2.24, 2.45) is 0 Å². The Balaban J connectivity index is 1.68. The van der Waals surface area contributed by atoms with Crippen molar-refractivity contribution in [3.8, 4) is 0 Å². The van der Waals surface area contributed by atoms with Crippen LogP contribution in [0.3, 0.4) is 0 Å². The Morgan fingerprint density at radius 2 is 2.40 bits per heavy atom. The van der Waals surface area contributed by atoms with Crippen molar-refractivity contribution >= 4 is 34.0 Å². The number of halogens is 1. The summed E-state index contributed by atoms with van der Waals surface area (Å²) < 4.78 is 7.10. The maximum Gasteiger partial charge on any atom is 0.293 e. The molecule has 0 atom stereocenters. The Bertz CT molecular complexity index is 719. The van der Waals surface area contributed by atoms with E-state index < -0.39 is 0 Å². The summed E-state index contributed by atoms with van der Waals surface area (Å²) in [4.78, 5) is 15.9. The highest BCUT2D eigenvalue weighted by atomic mass is 35.5. The average molecular weight is 309 g/mol. The normalized spacial score (nSPS) is 10.7. The van der Waals surface area contributed by atoms with Gasteiger partial charge in [-0.25, -0.2) is 4.98 Å². The lowest BCUT2D eigenvalue weighted by Crippen LogP contribution is -2.10. The average Bonchev–Trinajstić information content (AvgIpc) is 3.12. The molecule has 0 saturated carbocycles. The highest BCUT2D eigenvalue weighted by molar-refractivity contribution is 7.13. The molecule has 8 heteroatoms. The third-order valence-electron chi connectivity index (χ3n) is 2.46. The van der Waals surface area contributed by atoms with Crippen LogP contribution in [0, 0.1) is 0 Å². The standard InChI is InChI=1S/C12H9ClN4O2S/c13-8-5-15-17(6-8)7-9-1-2-10(19-9)11(18)16-12-14-3-4-20-12/h1-6H,7H2,(H,14,16,18). The zero-order valence-electron chi connectivity index (χ0n) is 10.1. The molecule has 0 saturated heterocycles. The fraction of sp³-hybridized carbons (Fsp3) is 0.0833. The van der Waals surface area contributed by atoms with Crippen molar-refractivity contribution in [2.75, 3.05) is 5.32 Å². The van der Waals surface area contributed by atoms with Gasteiger partial charge >= 0.3 is 0 Å². The number of carbonyl (C=O) groups excluding carboxylic acids is 1. The number of nitrogens with one attached hydrogen (secondary N) is 1. The van der Waals surface area contributed by atoms with Gasteiger partial charge in [-0.15, -0.1) is 11.3 Å². The summed E-state index contributed by atoms with van der Waals surface area (Å²) in [5, 5.41) is 9.56. The molecule has 0 bridgehead atoms. The highest BCUT2D eigenvalue weighted by Gasteiger charge is 2.13. The minimum Gasteiger partial charge on any atom is -0.454 e. The molecule has 3 heterocycles. The van der Waals surface area contributed by atoms with Gasteiger partial charge in [-0.1, -0.05) is 11.6 Å². The lowest BCUT2D eigenvalue weighted by molar-refractivity contribution is 0.0994. The maximum absolute atomic E-state index is 11.9. The third kappa shape index (κ3) is 2.89. The van der Waals surface area contributed by atoms with Crippen LogP contribution in [0.4, 0.5) is 5.13 Å². The number of furan rings is 1. The zero-order valence-corrected chi connectivity index (χ0v) is 11.7. The molecule has 0 aliphatic heterocycles. The summed E-state index contributed by atoms with van der Waals surface area (Å²) in [6, 6.07) is 3.34. The van der Waals surface area contributed by atoms with Crippen molar-refractivity contribution < 1.29 is 9.21 Å². The smallest absolute Gasteiger partial charge is 0.293 e. The number of rotatable bonds is 4. The predicted octanol–water partition coefficient (Wildman–Crippen LogP) is 2.89. The van der Waals surface area contributed by atoms with Gasteiger partial charge < -0.3 is 4.42 Å². The molecule has 3 aromatic rings. The number of thiazole rings is 1. The van der Waals surface area contributed by atoms with Crippen molar-refractivity contribution in [1.82, 2.24) is 14.8 Å². The van der Waals surface area contributed by atoms with E-state index in [0.29, 0.717) is 22.5 Å². The van der Waals surface area contributed by atoms with Gasteiger partial charge in [0.2, 0.25) is 0 Å². The molecule has 0 aliphatic carbocycles. The van der Waals surface area contributed by atoms with Crippen molar-refractivity contribution in [3.05, 3.63) is 52.6 Å². The molecule has 0 fully saturated rings. The van der Waals surface area contributed by atoms with E-state index in [2.05, 4.69) is 15.4 Å². The summed E-state index contributed by atoms with van der Waals surface area (Å²) in [7, 11) is 0. The molecule has 1 N–H and O–H groups in total. The van der Waals surface area contributed by atoms with Crippen molar-refractivity contribution in [3.63, 3.8) is 0 Å². The molecular formula is C12H9ClN4O2S. The lowest BCUT2D eigenvalue weighted by Gasteiger charge is -1.99. The van der Waals surface area contributed by atoms with E-state index in [1.54, 1.807) is 40.8 Å². The van der Waals surface area contributed by atoms with Gasteiger partial charge in [0.25, 0.3) is 5.91 Å². The third-order valence-corrected chi connectivity index (χ3v) is 3.34. The SMILES string of the molecule is O=C(Nc1nccs1)c1ccc(Cn2cc(Cl)cn2)o1. The number of anilines is 1. The Kier molecular flexibility index (Phi) is 3.53. The maximum atomic E-state index is 11.9. The molecule has 3 rings (SSSR count). The summed E-state index contributed by atoms with van der Waals surface area (Å²) in [5.74, 6) is 0.521. The van der Waals surface area contributed by atoms with Gasteiger partial charge in [0, 0.05) is 17.8 Å². The van der Waals surface area contributed by atoms with E-state index in [9.17, 15) is 4.79 Å². The van der Waals surface area contributed by atoms with E-state index in [0.717, 1.165) is 0 Å². The first-order chi connectivity index (χ1) is 9.70. The van der Waals surface area contributed by atoms with Crippen LogP contribution in [0.25, 0.3) is 0 Å². The van der Waals surface area contributed by atoms with Crippen LogP contribution in [0.15, 0.2) is 40.5 Å². The Morgan fingerprint density at radius 3 is 3.10 bits per heavy atom. The molecule has 0 spiro atoms. The summed E-state index contributed by atoms with van der Waals surface area (Å²) >= 11 is 7.12. The Morgan fingerprint density at radius 1 is 1.50 bits per heavy atom. The molecule has 0 aromatic carbocycles. The minimum absolute atomic E-state index is 0.230. The van der Waals surface area contributed by atoms with Crippen molar-refractivity contribution in [2.45, 2.75) is 6.54 Å². The molecule has 3 aromatic heterocycles. The summed E-state index contributed by atoms with van der Waals surface area (Å²) in [6.45, 7) is 0.414. The predicted molar refractivity (Wildman–Crippen MR) is 75.1 cm³/mol. The van der Waals surface area contributed by atoms with E-state index in [4.69, 9.17) is 16.0 Å². The number of hydrogen-bond donors (Lipinski definition) is 1. The highest BCUT2D eigenvalue weighted by Crippen LogP contribution is 2.15. The second-order valence-corrected chi connectivity index (χ2v) is 5.24. The van der Waals surface area contributed by atoms with Gasteiger partial charge in [-0.2, -0.15) is 5.10 Å². The van der Waals surface area contributed by atoms with E-state index >= 15 is 0 Å². The van der Waals surface area contributed by atoms with Crippen LogP contribution in [0.5, 0.6) is 0 Å². The number of hydrogen-bond acceptors (Lipinski definition) is 5. The van der Waals surface area contributed by atoms with Crippen LogP contribution in [-0.4, -0.2) is 20.7 Å². The van der Waals surface area contributed by atoms with Crippen LogP contribution < -0.4 is 5.32 Å². The van der Waals surface area contributed by atoms with Gasteiger partial charge in [0.15, 0.2) is 10.9 Å². The number of amides is 1. The zero-order chi connectivity index (χ0) is 13.9. The summed E-state index contributed by atoms with van der Waals surface area (Å²) in [6.07, 6.45) is 4.84. The van der Waals surface area contributed by atoms with Crippen LogP contribution in [0.2, 0.25) is 5.02 Å². The first-order valence-corrected chi connectivity index (χ1v) is 6.94. The Labute approximate surface area is 123 Å². The number of aromatic nitrogens is 3. The van der Waals surface area contributed by atoms with E-state index in [1.807, 2.05) is 0 Å². The number of nitrogens with zero attached hydrogens (tertiary/aromatic N) is 3. The second kappa shape index (κ2) is 5.48. The quantitative estimate of drug-likeness (QED) is 0.804. The molecule has 0 radical (unpaired) electrons. The first kappa shape index (κ1) is 12.9. The molecule has 6 nitrogen and oxygen atoms in total. The van der Waals surface area contributed by atoms with Gasteiger partial charge in [-0.05, 0) is 12.1 Å². The first-order valence-electron chi connectivity index (χ1n) is 5.68. The second-order valence-electron chi connectivity index (χ2n) is 3.91. The molecule has 102 valence electrons. The fourth-order valence-electron chi connectivity index (χ4n) is 1.61. The fourth-order valence-corrected chi connectivity index (χ4v) is 2.29. The van der Waals surface area contributed by atoms with Crippen molar-refractivity contribution in [1.29, 1.82) is 0 Å². The van der Waals surface area contributed by atoms with E-state index in [1.165, 1.54) is 11.3 Å². The van der Waals surface area contributed by atoms with E-state index in [-0.39, 0.29) is 11.7 Å². The lowest BCUT2D eigenvalue weighted by atomic mass is 10.4. The van der Waals surface area contributed by atoms with Crippen LogP contribution in [0.1, 0.15) is 16.3 Å². The molecule has 0 aliphatic rings. The Hall–Kier alpha value is -2.12.